The van der Waals surface area contributed by atoms with Crippen LogP contribution < -0.4 is 0 Å². The molecule has 1 nitrogen and oxygen atoms in total. The molecule has 0 spiro atoms. The number of halogens is 3. The molecule has 84 valence electrons. The van der Waals surface area contributed by atoms with Crippen LogP contribution in [0, 0.1) is 0 Å². The number of alkyl halides is 3. The van der Waals surface area contributed by atoms with Crippen LogP contribution in [0.3, 0.4) is 0 Å². The van der Waals surface area contributed by atoms with Crippen molar-refractivity contribution >= 4 is 10.9 Å². The van der Waals surface area contributed by atoms with Crippen molar-refractivity contribution in [3.63, 3.8) is 0 Å². The van der Waals surface area contributed by atoms with E-state index >= 15 is 0 Å². The Bertz CT molecular complexity index is 517. The van der Waals surface area contributed by atoms with Gasteiger partial charge < -0.3 is 0 Å². The molecule has 0 bridgehead atoms. The normalized spacial score (nSPS) is 12.0. The summed E-state index contributed by atoms with van der Waals surface area (Å²) in [5.74, 6) is 0. The molecule has 1 aromatic heterocycles. The molecule has 0 aliphatic heterocycles. The van der Waals surface area contributed by atoms with E-state index in [4.69, 9.17) is 0 Å². The molecule has 2 rings (SSSR count). The minimum Gasteiger partial charge on any atom is -0.256 e. The van der Waals surface area contributed by atoms with Gasteiger partial charge in [-0.05, 0) is 30.2 Å². The molecule has 0 saturated heterocycles. The lowest BCUT2D eigenvalue weighted by molar-refractivity contribution is -0.136. The first kappa shape index (κ1) is 10.9. The number of aromatic nitrogens is 1. The molecule has 1 aromatic carbocycles. The summed E-state index contributed by atoms with van der Waals surface area (Å²) in [4.78, 5) is 3.93. The van der Waals surface area contributed by atoms with Gasteiger partial charge in [-0.3, -0.25) is 4.98 Å². The van der Waals surface area contributed by atoms with Crippen LogP contribution >= 0.6 is 0 Å². The van der Waals surface area contributed by atoms with Gasteiger partial charge in [0.2, 0.25) is 0 Å². The van der Waals surface area contributed by atoms with Gasteiger partial charge in [-0.25, -0.2) is 0 Å². The van der Waals surface area contributed by atoms with Crippen LogP contribution in [0.15, 0.2) is 30.5 Å². The number of nitrogens with zero attached hydrogens (tertiary/aromatic N) is 1. The largest absolute Gasteiger partial charge is 0.417 e. The molecule has 0 saturated carbocycles. The molecule has 16 heavy (non-hydrogen) atoms. The van der Waals surface area contributed by atoms with Crippen LogP contribution in [0.5, 0.6) is 0 Å². The van der Waals surface area contributed by atoms with Gasteiger partial charge >= 0.3 is 6.18 Å². The molecule has 0 unspecified atom stereocenters. The zero-order valence-corrected chi connectivity index (χ0v) is 8.67. The van der Waals surface area contributed by atoms with Crippen molar-refractivity contribution in [3.8, 4) is 0 Å². The lowest BCUT2D eigenvalue weighted by Gasteiger charge is -2.10. The second-order valence-electron chi connectivity index (χ2n) is 3.56. The molecule has 0 atom stereocenters. The van der Waals surface area contributed by atoms with Gasteiger partial charge in [0.15, 0.2) is 0 Å². The monoisotopic (exact) mass is 225 g/mol. The Morgan fingerprint density at radius 1 is 1.19 bits per heavy atom. The Morgan fingerprint density at radius 3 is 2.56 bits per heavy atom. The third-order valence-electron chi connectivity index (χ3n) is 2.52. The van der Waals surface area contributed by atoms with Crippen molar-refractivity contribution in [2.24, 2.45) is 0 Å². The highest BCUT2D eigenvalue weighted by Crippen LogP contribution is 2.34. The molecule has 4 heteroatoms. The highest BCUT2D eigenvalue weighted by molar-refractivity contribution is 5.83. The van der Waals surface area contributed by atoms with Crippen LogP contribution in [0.2, 0.25) is 0 Å². The second-order valence-corrected chi connectivity index (χ2v) is 3.56. The van der Waals surface area contributed by atoms with Crippen molar-refractivity contribution in [3.05, 3.63) is 41.6 Å². The number of hydrogen-bond acceptors (Lipinski definition) is 1. The average molecular weight is 225 g/mol. The molecule has 2 aromatic rings. The Morgan fingerprint density at radius 2 is 1.94 bits per heavy atom. The van der Waals surface area contributed by atoms with Gasteiger partial charge in [-0.2, -0.15) is 13.2 Å². The summed E-state index contributed by atoms with van der Waals surface area (Å²) in [6.45, 7) is 1.91. The van der Waals surface area contributed by atoms with Gasteiger partial charge in [0.25, 0.3) is 0 Å². The molecule has 0 fully saturated rings. The number of aryl methyl sites for hydroxylation is 1. The Kier molecular flexibility index (Phi) is 2.58. The SMILES string of the molecule is CCc1ccc2nccc(C(F)(F)F)c2c1. The van der Waals surface area contributed by atoms with Crippen molar-refractivity contribution in [1.82, 2.24) is 4.98 Å². The number of rotatable bonds is 1. The van der Waals surface area contributed by atoms with E-state index in [1.165, 1.54) is 6.20 Å². The van der Waals surface area contributed by atoms with Gasteiger partial charge in [-0.1, -0.05) is 13.0 Å². The van der Waals surface area contributed by atoms with Crippen molar-refractivity contribution in [1.29, 1.82) is 0 Å². The molecule has 1 heterocycles. The summed E-state index contributed by atoms with van der Waals surface area (Å²) in [7, 11) is 0. The van der Waals surface area contributed by atoms with Crippen LogP contribution in [-0.4, -0.2) is 4.98 Å². The van der Waals surface area contributed by atoms with Gasteiger partial charge in [0.05, 0.1) is 11.1 Å². The fourth-order valence-electron chi connectivity index (χ4n) is 1.66. The third kappa shape index (κ3) is 1.87. The fourth-order valence-corrected chi connectivity index (χ4v) is 1.66. The first-order chi connectivity index (χ1) is 7.52. The van der Waals surface area contributed by atoms with Crippen molar-refractivity contribution in [2.45, 2.75) is 19.5 Å². The lowest BCUT2D eigenvalue weighted by Crippen LogP contribution is -2.06. The standard InChI is InChI=1S/C12H10F3N/c1-2-8-3-4-11-9(7-8)10(5-6-16-11)12(13,14)15/h3-7H,2H2,1H3. The van der Waals surface area contributed by atoms with E-state index in [0.717, 1.165) is 11.6 Å². The predicted octanol–water partition coefficient (Wildman–Crippen LogP) is 3.82. The first-order valence-corrected chi connectivity index (χ1v) is 4.97. The second kappa shape index (κ2) is 3.77. The maximum Gasteiger partial charge on any atom is 0.417 e. The Hall–Kier alpha value is -1.58. The first-order valence-electron chi connectivity index (χ1n) is 4.97. The highest BCUT2D eigenvalue weighted by atomic mass is 19.4. The topological polar surface area (TPSA) is 12.9 Å². The zero-order chi connectivity index (χ0) is 11.8. The summed E-state index contributed by atoms with van der Waals surface area (Å²) in [6, 6.07) is 6.01. The van der Waals surface area contributed by atoms with E-state index in [1.54, 1.807) is 18.2 Å². The molecule has 0 radical (unpaired) electrons. The molecule has 0 amide bonds. The Labute approximate surface area is 90.9 Å². The predicted molar refractivity (Wildman–Crippen MR) is 56.1 cm³/mol. The van der Waals surface area contributed by atoms with Crippen molar-refractivity contribution < 1.29 is 13.2 Å². The lowest BCUT2D eigenvalue weighted by atomic mass is 10.0. The molecule has 0 aliphatic carbocycles. The molecule has 0 N–H and O–H groups in total. The van der Waals surface area contributed by atoms with E-state index < -0.39 is 11.7 Å². The average Bonchev–Trinajstić information content (AvgIpc) is 2.26. The van der Waals surface area contributed by atoms with E-state index in [-0.39, 0.29) is 5.39 Å². The Balaban J connectivity index is 2.74. The maximum absolute atomic E-state index is 12.7. The zero-order valence-electron chi connectivity index (χ0n) is 8.67. The smallest absolute Gasteiger partial charge is 0.256 e. The van der Waals surface area contributed by atoms with E-state index in [1.807, 2.05) is 6.92 Å². The van der Waals surface area contributed by atoms with Crippen molar-refractivity contribution in [2.75, 3.05) is 0 Å². The van der Waals surface area contributed by atoms with Crippen LogP contribution in [-0.2, 0) is 12.6 Å². The summed E-state index contributed by atoms with van der Waals surface area (Å²) in [6.07, 6.45) is -2.42. The number of pyridine rings is 1. The van der Waals surface area contributed by atoms with Gasteiger partial charge in [0, 0.05) is 11.6 Å². The highest BCUT2D eigenvalue weighted by Gasteiger charge is 2.32. The number of fused-ring (bicyclic) bond motifs is 1. The van der Waals surface area contributed by atoms with E-state index in [9.17, 15) is 13.2 Å². The van der Waals surface area contributed by atoms with Gasteiger partial charge in [0.1, 0.15) is 0 Å². The van der Waals surface area contributed by atoms with Crippen LogP contribution in [0.25, 0.3) is 10.9 Å². The van der Waals surface area contributed by atoms with Crippen LogP contribution in [0.1, 0.15) is 18.1 Å². The number of benzene rings is 1. The fraction of sp³-hybridized carbons (Fsp3) is 0.250. The molecular weight excluding hydrogens is 215 g/mol. The molecular formula is C12H10F3N. The quantitative estimate of drug-likeness (QED) is 0.719. The maximum atomic E-state index is 12.7. The minimum atomic E-state index is -4.33. The molecule has 0 aliphatic rings. The van der Waals surface area contributed by atoms with Crippen LogP contribution in [0.4, 0.5) is 13.2 Å². The minimum absolute atomic E-state index is 0.175. The van der Waals surface area contributed by atoms with E-state index in [2.05, 4.69) is 4.98 Å². The summed E-state index contributed by atoms with van der Waals surface area (Å²) in [5, 5.41) is 0.175. The summed E-state index contributed by atoms with van der Waals surface area (Å²) < 4.78 is 38.2. The third-order valence-corrected chi connectivity index (χ3v) is 2.52. The summed E-state index contributed by atoms with van der Waals surface area (Å²) >= 11 is 0. The van der Waals surface area contributed by atoms with E-state index in [0.29, 0.717) is 11.9 Å². The van der Waals surface area contributed by atoms with Gasteiger partial charge in [-0.15, -0.1) is 0 Å². The number of hydrogen-bond donors (Lipinski definition) is 0. The summed E-state index contributed by atoms with van der Waals surface area (Å²) in [5.41, 5.74) is 0.644.